The number of hydrogen-bond donors (Lipinski definition) is 1. The molecule has 0 fully saturated rings. The summed E-state index contributed by atoms with van der Waals surface area (Å²) in [6.45, 7) is 2.73. The van der Waals surface area contributed by atoms with E-state index in [1.165, 1.54) is 0 Å². The van der Waals surface area contributed by atoms with Gasteiger partial charge in [0.25, 0.3) is 0 Å². The van der Waals surface area contributed by atoms with Crippen LogP contribution in [-0.4, -0.2) is 36.1 Å². The molecule has 0 aliphatic carbocycles. The van der Waals surface area contributed by atoms with Gasteiger partial charge in [-0.25, -0.2) is 0 Å². The summed E-state index contributed by atoms with van der Waals surface area (Å²) in [4.78, 5) is 4.33. The van der Waals surface area contributed by atoms with E-state index in [1.54, 1.807) is 26.0 Å². The topological polar surface area (TPSA) is 61.3 Å². The standard InChI is InChI=1S/C13H17N3O3S/c1-5-16-13(20)14-12(15-16)8-6-9(17-2)11(19-4)10(7-8)18-3/h6-7H,5H2,1-4H3,(H,14,15,20). The SMILES string of the molecule is CCn1[nH]c(-c2cc(OC)c(OC)c(OC)c2)nc1=S. The number of aromatic amines is 1. The number of hydrogen-bond acceptors (Lipinski definition) is 5. The molecule has 0 aliphatic rings. The van der Waals surface area contributed by atoms with Crippen molar-refractivity contribution in [3.8, 4) is 28.6 Å². The molecule has 108 valence electrons. The molecule has 1 heterocycles. The van der Waals surface area contributed by atoms with Crippen molar-refractivity contribution in [3.63, 3.8) is 0 Å². The maximum atomic E-state index is 5.32. The highest BCUT2D eigenvalue weighted by molar-refractivity contribution is 7.71. The van der Waals surface area contributed by atoms with Crippen LogP contribution in [0.15, 0.2) is 12.1 Å². The maximum absolute atomic E-state index is 5.32. The lowest BCUT2D eigenvalue weighted by Gasteiger charge is -2.13. The van der Waals surface area contributed by atoms with Crippen molar-refractivity contribution in [2.45, 2.75) is 13.5 Å². The Morgan fingerprint density at radius 3 is 2.15 bits per heavy atom. The molecule has 0 atom stereocenters. The van der Waals surface area contributed by atoms with E-state index in [2.05, 4.69) is 10.1 Å². The van der Waals surface area contributed by atoms with Gasteiger partial charge in [0.05, 0.1) is 21.3 Å². The third-order valence-electron chi connectivity index (χ3n) is 2.93. The van der Waals surface area contributed by atoms with Gasteiger partial charge in [0, 0.05) is 12.1 Å². The first-order valence-electron chi connectivity index (χ1n) is 6.11. The number of H-pyrrole nitrogens is 1. The van der Waals surface area contributed by atoms with Crippen LogP contribution in [0.5, 0.6) is 17.2 Å². The van der Waals surface area contributed by atoms with Gasteiger partial charge in [-0.05, 0) is 31.3 Å². The largest absolute Gasteiger partial charge is 0.493 e. The predicted octanol–water partition coefficient (Wildman–Crippen LogP) is 2.65. The molecule has 1 aromatic heterocycles. The van der Waals surface area contributed by atoms with Gasteiger partial charge in [0.15, 0.2) is 17.3 Å². The maximum Gasteiger partial charge on any atom is 0.216 e. The van der Waals surface area contributed by atoms with Crippen LogP contribution < -0.4 is 14.2 Å². The molecule has 2 aromatic rings. The molecule has 1 aromatic carbocycles. The van der Waals surface area contributed by atoms with Gasteiger partial charge in [-0.15, -0.1) is 0 Å². The van der Waals surface area contributed by atoms with Crippen molar-refractivity contribution in [1.29, 1.82) is 0 Å². The average Bonchev–Trinajstić information content (AvgIpc) is 2.86. The first kappa shape index (κ1) is 14.4. The Kier molecular flexibility index (Phi) is 4.29. The molecule has 0 radical (unpaired) electrons. The molecule has 0 bridgehead atoms. The zero-order chi connectivity index (χ0) is 14.7. The summed E-state index contributed by atoms with van der Waals surface area (Å²) in [6, 6.07) is 3.66. The van der Waals surface area contributed by atoms with E-state index in [1.807, 2.05) is 19.1 Å². The van der Waals surface area contributed by atoms with Crippen LogP contribution in [0.25, 0.3) is 11.4 Å². The van der Waals surface area contributed by atoms with Crippen LogP contribution in [0.2, 0.25) is 0 Å². The minimum absolute atomic E-state index is 0.510. The molecular weight excluding hydrogens is 278 g/mol. The number of rotatable bonds is 5. The molecule has 0 saturated heterocycles. The van der Waals surface area contributed by atoms with Crippen LogP contribution in [0, 0.1) is 4.77 Å². The summed E-state index contributed by atoms with van der Waals surface area (Å²) in [5, 5.41) is 3.14. The Balaban J connectivity index is 2.59. The normalized spacial score (nSPS) is 10.4. The highest BCUT2D eigenvalue weighted by Gasteiger charge is 2.15. The summed E-state index contributed by atoms with van der Waals surface area (Å²) in [7, 11) is 4.72. The van der Waals surface area contributed by atoms with Crippen LogP contribution in [0.3, 0.4) is 0 Å². The molecular formula is C13H17N3O3S. The summed E-state index contributed by atoms with van der Waals surface area (Å²) < 4.78 is 18.2. The fourth-order valence-corrected chi connectivity index (χ4v) is 2.18. The highest BCUT2D eigenvalue weighted by Crippen LogP contribution is 2.40. The Bertz CT molecular complexity index is 638. The lowest BCUT2D eigenvalue weighted by atomic mass is 10.1. The Morgan fingerprint density at radius 2 is 1.75 bits per heavy atom. The third-order valence-corrected chi connectivity index (χ3v) is 3.25. The van der Waals surface area contributed by atoms with Gasteiger partial charge in [-0.2, -0.15) is 4.98 Å². The van der Waals surface area contributed by atoms with Gasteiger partial charge in [0.1, 0.15) is 0 Å². The minimum atomic E-state index is 0.510. The molecule has 7 heteroatoms. The molecule has 2 rings (SSSR count). The number of aryl methyl sites for hydroxylation is 1. The average molecular weight is 295 g/mol. The minimum Gasteiger partial charge on any atom is -0.493 e. The quantitative estimate of drug-likeness (QED) is 0.859. The third kappa shape index (κ3) is 2.49. The molecule has 0 unspecified atom stereocenters. The van der Waals surface area contributed by atoms with Gasteiger partial charge < -0.3 is 14.2 Å². The first-order valence-corrected chi connectivity index (χ1v) is 6.52. The predicted molar refractivity (Wildman–Crippen MR) is 78.2 cm³/mol. The monoisotopic (exact) mass is 295 g/mol. The summed E-state index contributed by atoms with van der Waals surface area (Å²) >= 11 is 5.18. The lowest BCUT2D eigenvalue weighted by Crippen LogP contribution is -1.97. The van der Waals surface area contributed by atoms with Crippen molar-refractivity contribution < 1.29 is 14.2 Å². The lowest BCUT2D eigenvalue weighted by molar-refractivity contribution is 0.324. The number of methoxy groups -OCH3 is 3. The van der Waals surface area contributed by atoms with Crippen molar-refractivity contribution in [1.82, 2.24) is 14.8 Å². The smallest absolute Gasteiger partial charge is 0.216 e. The number of ether oxygens (including phenoxy) is 3. The molecule has 6 nitrogen and oxygen atoms in total. The van der Waals surface area contributed by atoms with E-state index in [9.17, 15) is 0 Å². The number of benzene rings is 1. The van der Waals surface area contributed by atoms with Crippen LogP contribution in [0.4, 0.5) is 0 Å². The van der Waals surface area contributed by atoms with Crippen LogP contribution in [-0.2, 0) is 6.54 Å². The van der Waals surface area contributed by atoms with Gasteiger partial charge >= 0.3 is 0 Å². The Hall–Kier alpha value is -2.02. The fourth-order valence-electron chi connectivity index (χ4n) is 1.92. The Morgan fingerprint density at radius 1 is 1.15 bits per heavy atom. The first-order chi connectivity index (χ1) is 9.64. The molecule has 0 aliphatic heterocycles. The van der Waals surface area contributed by atoms with Crippen LogP contribution in [0.1, 0.15) is 6.92 Å². The summed E-state index contributed by atoms with van der Waals surface area (Å²) in [5.41, 5.74) is 0.817. The van der Waals surface area contributed by atoms with Crippen molar-refractivity contribution in [2.75, 3.05) is 21.3 Å². The fraction of sp³-hybridized carbons (Fsp3) is 0.385. The Labute approximate surface area is 122 Å². The van der Waals surface area contributed by atoms with Crippen LogP contribution >= 0.6 is 12.2 Å². The number of nitrogens with one attached hydrogen (secondary N) is 1. The highest BCUT2D eigenvalue weighted by atomic mass is 32.1. The second kappa shape index (κ2) is 5.96. The van der Waals surface area contributed by atoms with E-state index >= 15 is 0 Å². The summed E-state index contributed by atoms with van der Waals surface area (Å²) in [5.74, 6) is 2.36. The zero-order valence-electron chi connectivity index (χ0n) is 11.9. The van der Waals surface area contributed by atoms with Crippen molar-refractivity contribution in [3.05, 3.63) is 16.9 Å². The van der Waals surface area contributed by atoms with E-state index in [4.69, 9.17) is 26.4 Å². The van der Waals surface area contributed by atoms with Gasteiger partial charge in [-0.3, -0.25) is 9.78 Å². The van der Waals surface area contributed by atoms with E-state index in [0.717, 1.165) is 12.1 Å². The zero-order valence-corrected chi connectivity index (χ0v) is 12.7. The van der Waals surface area contributed by atoms with Gasteiger partial charge in [-0.1, -0.05) is 0 Å². The van der Waals surface area contributed by atoms with E-state index < -0.39 is 0 Å². The molecule has 0 amide bonds. The van der Waals surface area contributed by atoms with E-state index in [-0.39, 0.29) is 0 Å². The number of nitrogens with zero attached hydrogens (tertiary/aromatic N) is 2. The number of aromatic nitrogens is 3. The van der Waals surface area contributed by atoms with Crippen molar-refractivity contribution >= 4 is 12.2 Å². The second-order valence-corrected chi connectivity index (χ2v) is 4.38. The molecule has 20 heavy (non-hydrogen) atoms. The summed E-state index contributed by atoms with van der Waals surface area (Å²) in [6.07, 6.45) is 0. The molecule has 0 spiro atoms. The second-order valence-electron chi connectivity index (χ2n) is 4.01. The molecule has 1 N–H and O–H groups in total. The van der Waals surface area contributed by atoms with Crippen molar-refractivity contribution in [2.24, 2.45) is 0 Å². The van der Waals surface area contributed by atoms with Gasteiger partial charge in [0.2, 0.25) is 10.5 Å². The van der Waals surface area contributed by atoms with E-state index in [0.29, 0.717) is 27.8 Å². The molecule has 0 saturated carbocycles.